The van der Waals surface area contributed by atoms with E-state index in [2.05, 4.69) is 5.32 Å². The van der Waals surface area contributed by atoms with E-state index < -0.39 is 0 Å². The summed E-state index contributed by atoms with van der Waals surface area (Å²) in [6, 6.07) is 12.3. The largest absolute Gasteiger partial charge is 0.493 e. The fraction of sp³-hybridized carbons (Fsp3) is 0.304. The van der Waals surface area contributed by atoms with Crippen LogP contribution in [0.1, 0.15) is 36.7 Å². The second-order valence-electron chi connectivity index (χ2n) is 6.54. The van der Waals surface area contributed by atoms with Gasteiger partial charge in [0.05, 0.1) is 13.2 Å². The number of methoxy groups -OCH3 is 1. The van der Waals surface area contributed by atoms with Gasteiger partial charge in [-0.2, -0.15) is 0 Å². The molecule has 0 unspecified atom stereocenters. The van der Waals surface area contributed by atoms with Gasteiger partial charge < -0.3 is 19.5 Å². The van der Waals surface area contributed by atoms with Gasteiger partial charge >= 0.3 is 0 Å². The van der Waals surface area contributed by atoms with Gasteiger partial charge in [-0.3, -0.25) is 9.59 Å². The predicted molar refractivity (Wildman–Crippen MR) is 113 cm³/mol. The first-order valence-corrected chi connectivity index (χ1v) is 9.49. The topological polar surface area (TPSA) is 73.9 Å². The van der Waals surface area contributed by atoms with Crippen LogP contribution in [-0.2, 0) is 4.79 Å². The minimum Gasteiger partial charge on any atom is -0.493 e. The summed E-state index contributed by atoms with van der Waals surface area (Å²) in [5.74, 6) is 1.36. The third-order valence-corrected chi connectivity index (χ3v) is 3.86. The Morgan fingerprint density at radius 2 is 1.79 bits per heavy atom. The summed E-state index contributed by atoms with van der Waals surface area (Å²) in [5, 5.41) is 2.66. The van der Waals surface area contributed by atoms with Crippen molar-refractivity contribution in [2.45, 2.75) is 26.9 Å². The lowest BCUT2D eigenvalue weighted by molar-refractivity contribution is -0.123. The molecule has 6 heteroatoms. The Labute approximate surface area is 171 Å². The molecule has 2 aromatic carbocycles. The quantitative estimate of drug-likeness (QED) is 0.486. The fourth-order valence-corrected chi connectivity index (χ4v) is 2.54. The Morgan fingerprint density at radius 1 is 1.07 bits per heavy atom. The number of hydrogen-bond acceptors (Lipinski definition) is 5. The lowest BCUT2D eigenvalue weighted by Crippen LogP contribution is -2.28. The molecule has 0 fully saturated rings. The van der Waals surface area contributed by atoms with Crippen LogP contribution in [0.25, 0.3) is 6.08 Å². The highest BCUT2D eigenvalue weighted by Gasteiger charge is 2.08. The van der Waals surface area contributed by atoms with Gasteiger partial charge in [-0.05, 0) is 68.8 Å². The summed E-state index contributed by atoms with van der Waals surface area (Å²) in [4.78, 5) is 23.9. The van der Waals surface area contributed by atoms with E-state index in [-0.39, 0.29) is 24.4 Å². The van der Waals surface area contributed by atoms with E-state index in [4.69, 9.17) is 14.2 Å². The summed E-state index contributed by atoms with van der Waals surface area (Å²) >= 11 is 0. The van der Waals surface area contributed by atoms with Crippen molar-refractivity contribution in [2.24, 2.45) is 0 Å². The van der Waals surface area contributed by atoms with Gasteiger partial charge in [-0.1, -0.05) is 12.1 Å². The number of nitrogens with one attached hydrogen (secondary N) is 1. The molecular weight excluding hydrogens is 370 g/mol. The van der Waals surface area contributed by atoms with Crippen molar-refractivity contribution in [3.63, 3.8) is 0 Å². The van der Waals surface area contributed by atoms with E-state index in [9.17, 15) is 9.59 Å². The van der Waals surface area contributed by atoms with E-state index in [1.54, 1.807) is 48.5 Å². The molecule has 6 nitrogen and oxygen atoms in total. The van der Waals surface area contributed by atoms with Crippen molar-refractivity contribution in [3.05, 3.63) is 59.7 Å². The average Bonchev–Trinajstić information content (AvgIpc) is 2.71. The van der Waals surface area contributed by atoms with Crippen molar-refractivity contribution in [2.75, 3.05) is 20.3 Å². The van der Waals surface area contributed by atoms with Crippen LogP contribution >= 0.6 is 0 Å². The second kappa shape index (κ2) is 10.9. The van der Waals surface area contributed by atoms with Crippen LogP contribution in [0.2, 0.25) is 0 Å². The Bertz CT molecular complexity index is 856. The van der Waals surface area contributed by atoms with Crippen molar-refractivity contribution >= 4 is 17.8 Å². The highest BCUT2D eigenvalue weighted by atomic mass is 16.5. The molecule has 154 valence electrons. The Kier molecular flexibility index (Phi) is 8.27. The molecule has 1 amide bonds. The molecule has 0 aliphatic heterocycles. The lowest BCUT2D eigenvalue weighted by atomic mass is 10.1. The maximum Gasteiger partial charge on any atom is 0.257 e. The van der Waals surface area contributed by atoms with E-state index in [0.717, 1.165) is 11.3 Å². The van der Waals surface area contributed by atoms with Crippen molar-refractivity contribution in [3.8, 4) is 17.2 Å². The number of ketones is 1. The van der Waals surface area contributed by atoms with Crippen molar-refractivity contribution < 1.29 is 23.8 Å². The van der Waals surface area contributed by atoms with Gasteiger partial charge in [0.1, 0.15) is 5.75 Å². The van der Waals surface area contributed by atoms with E-state index in [0.29, 0.717) is 23.6 Å². The summed E-state index contributed by atoms with van der Waals surface area (Å²) < 4.78 is 16.4. The van der Waals surface area contributed by atoms with Gasteiger partial charge in [-0.25, -0.2) is 0 Å². The molecule has 0 atom stereocenters. The third kappa shape index (κ3) is 6.99. The molecule has 0 heterocycles. The molecule has 0 saturated carbocycles. The smallest absolute Gasteiger partial charge is 0.257 e. The van der Waals surface area contributed by atoms with E-state index in [1.165, 1.54) is 13.2 Å². The normalized spacial score (nSPS) is 10.8. The van der Waals surface area contributed by atoms with Crippen LogP contribution in [0, 0.1) is 0 Å². The van der Waals surface area contributed by atoms with Crippen LogP contribution < -0.4 is 19.5 Å². The second-order valence-corrected chi connectivity index (χ2v) is 6.54. The molecule has 0 saturated heterocycles. The van der Waals surface area contributed by atoms with Crippen LogP contribution in [0.15, 0.2) is 48.5 Å². The summed E-state index contributed by atoms with van der Waals surface area (Å²) in [6.45, 7) is 6.20. The number of allylic oxidation sites excluding steroid dienone is 1. The summed E-state index contributed by atoms with van der Waals surface area (Å²) in [6.07, 6.45) is 3.29. The lowest BCUT2D eigenvalue weighted by Gasteiger charge is -2.11. The third-order valence-electron chi connectivity index (χ3n) is 3.86. The predicted octanol–water partition coefficient (Wildman–Crippen LogP) is 3.89. The monoisotopic (exact) mass is 397 g/mol. The average molecular weight is 397 g/mol. The van der Waals surface area contributed by atoms with Gasteiger partial charge in [0.15, 0.2) is 23.9 Å². The molecule has 0 spiro atoms. The molecule has 0 aliphatic carbocycles. The molecular formula is C23H27NO5. The van der Waals surface area contributed by atoms with Crippen LogP contribution in [0.4, 0.5) is 0 Å². The molecule has 29 heavy (non-hydrogen) atoms. The first-order valence-electron chi connectivity index (χ1n) is 9.49. The minimum atomic E-state index is -0.200. The zero-order valence-electron chi connectivity index (χ0n) is 17.2. The number of amides is 1. The fourth-order valence-electron chi connectivity index (χ4n) is 2.54. The SMILES string of the molecule is CCNC(=O)COc1ccc(/C=C/C(=O)c2ccc(OC(C)C)cc2)cc1OC. The Balaban J connectivity index is 2.03. The molecule has 2 aromatic rings. The molecule has 2 rings (SSSR count). The number of ether oxygens (including phenoxy) is 3. The first-order chi connectivity index (χ1) is 13.9. The van der Waals surface area contributed by atoms with E-state index >= 15 is 0 Å². The number of rotatable bonds is 10. The number of hydrogen-bond donors (Lipinski definition) is 1. The van der Waals surface area contributed by atoms with E-state index in [1.807, 2.05) is 20.8 Å². The summed E-state index contributed by atoms with van der Waals surface area (Å²) in [7, 11) is 1.52. The van der Waals surface area contributed by atoms with Gasteiger partial charge in [0, 0.05) is 12.1 Å². The Morgan fingerprint density at radius 3 is 2.41 bits per heavy atom. The molecule has 0 aromatic heterocycles. The Hall–Kier alpha value is -3.28. The minimum absolute atomic E-state index is 0.0828. The molecule has 0 radical (unpaired) electrons. The molecule has 1 N–H and O–H groups in total. The highest BCUT2D eigenvalue weighted by molar-refractivity contribution is 6.06. The standard InChI is InChI=1S/C23H27NO5/c1-5-24-23(26)15-28-21-13-7-17(14-22(21)27-4)6-12-20(25)18-8-10-19(11-9-18)29-16(2)3/h6-14,16H,5,15H2,1-4H3,(H,24,26)/b12-6+. The number of benzene rings is 2. The van der Waals surface area contributed by atoms with Gasteiger partial charge in [0.25, 0.3) is 5.91 Å². The van der Waals surface area contributed by atoms with Crippen LogP contribution in [0.3, 0.4) is 0 Å². The first kappa shape index (κ1) is 22.0. The number of carbonyl (C=O) groups is 2. The molecule has 0 bridgehead atoms. The zero-order chi connectivity index (χ0) is 21.2. The maximum atomic E-state index is 12.4. The maximum absolute atomic E-state index is 12.4. The molecule has 0 aliphatic rings. The number of likely N-dealkylation sites (N-methyl/N-ethyl adjacent to an activating group) is 1. The summed E-state index contributed by atoms with van der Waals surface area (Å²) in [5.41, 5.74) is 1.35. The van der Waals surface area contributed by atoms with Gasteiger partial charge in [-0.15, -0.1) is 0 Å². The van der Waals surface area contributed by atoms with Gasteiger partial charge in [0.2, 0.25) is 0 Å². The van der Waals surface area contributed by atoms with Crippen molar-refractivity contribution in [1.82, 2.24) is 5.32 Å². The van der Waals surface area contributed by atoms with Crippen LogP contribution in [0.5, 0.6) is 17.2 Å². The highest BCUT2D eigenvalue weighted by Crippen LogP contribution is 2.28. The number of carbonyl (C=O) groups excluding carboxylic acids is 2. The van der Waals surface area contributed by atoms with Crippen molar-refractivity contribution in [1.29, 1.82) is 0 Å². The zero-order valence-corrected chi connectivity index (χ0v) is 17.2. The van der Waals surface area contributed by atoms with Crippen LogP contribution in [-0.4, -0.2) is 38.1 Å².